The Morgan fingerprint density at radius 2 is 1.94 bits per heavy atom. The lowest BCUT2D eigenvalue weighted by Crippen LogP contribution is -2.20. The van der Waals surface area contributed by atoms with Crippen LogP contribution in [0, 0.1) is 6.92 Å². The Bertz CT molecular complexity index is 444. The predicted octanol–water partition coefficient (Wildman–Crippen LogP) is 2.68. The van der Waals surface area contributed by atoms with E-state index < -0.39 is 0 Å². The van der Waals surface area contributed by atoms with E-state index in [2.05, 4.69) is 26.6 Å². The molecule has 0 radical (unpaired) electrons. The van der Waals surface area contributed by atoms with Crippen molar-refractivity contribution in [1.29, 1.82) is 0 Å². The number of halogens is 1. The van der Waals surface area contributed by atoms with Crippen LogP contribution in [-0.2, 0) is 9.59 Å². The van der Waals surface area contributed by atoms with Gasteiger partial charge in [-0.1, -0.05) is 15.9 Å². The van der Waals surface area contributed by atoms with E-state index in [0.29, 0.717) is 5.69 Å². The molecule has 92 valence electrons. The van der Waals surface area contributed by atoms with Gasteiger partial charge >= 0.3 is 0 Å². The van der Waals surface area contributed by atoms with Crippen LogP contribution in [0.1, 0.15) is 19.4 Å². The van der Waals surface area contributed by atoms with Crippen LogP contribution in [0.2, 0.25) is 0 Å². The molecule has 1 unspecified atom stereocenters. The normalized spacial score (nSPS) is 11.8. The highest BCUT2D eigenvalue weighted by Gasteiger charge is 2.09. The van der Waals surface area contributed by atoms with Gasteiger partial charge in [-0.2, -0.15) is 0 Å². The van der Waals surface area contributed by atoms with E-state index in [1.54, 1.807) is 19.1 Å². The number of nitrogens with one attached hydrogen (secondary N) is 2. The van der Waals surface area contributed by atoms with E-state index in [9.17, 15) is 9.59 Å². The van der Waals surface area contributed by atoms with Gasteiger partial charge in [-0.3, -0.25) is 9.59 Å². The Kier molecular flexibility index (Phi) is 4.69. The number of carbonyl (C=O) groups is 2. The molecule has 1 aromatic carbocycles. The Labute approximate surface area is 109 Å². The van der Waals surface area contributed by atoms with Crippen LogP contribution in [0.25, 0.3) is 0 Å². The minimum absolute atomic E-state index is 0.100. The standard InChI is InChI=1S/C12H15BrN2O2/c1-7-6-10(15-12(17)8(2)13)4-5-11(7)14-9(3)16/h4-6,8H,1-3H3,(H,14,16)(H,15,17). The van der Waals surface area contributed by atoms with Gasteiger partial charge in [0, 0.05) is 18.3 Å². The lowest BCUT2D eigenvalue weighted by atomic mass is 10.1. The van der Waals surface area contributed by atoms with Gasteiger partial charge in [0.15, 0.2) is 0 Å². The fourth-order valence-electron chi connectivity index (χ4n) is 1.31. The molecule has 2 amide bonds. The topological polar surface area (TPSA) is 58.2 Å². The average Bonchev–Trinajstić information content (AvgIpc) is 2.21. The van der Waals surface area contributed by atoms with E-state index >= 15 is 0 Å². The van der Waals surface area contributed by atoms with E-state index in [-0.39, 0.29) is 16.6 Å². The lowest BCUT2D eigenvalue weighted by Gasteiger charge is -2.10. The van der Waals surface area contributed by atoms with Crippen LogP contribution in [0.15, 0.2) is 18.2 Å². The third-order valence-corrected chi connectivity index (χ3v) is 2.58. The van der Waals surface area contributed by atoms with Crippen molar-refractivity contribution in [2.75, 3.05) is 10.6 Å². The SMILES string of the molecule is CC(=O)Nc1ccc(NC(=O)C(C)Br)cc1C. The molecule has 0 aromatic heterocycles. The van der Waals surface area contributed by atoms with Crippen molar-refractivity contribution in [3.63, 3.8) is 0 Å². The maximum Gasteiger partial charge on any atom is 0.237 e. The molecule has 0 aliphatic rings. The summed E-state index contributed by atoms with van der Waals surface area (Å²) in [4.78, 5) is 22.2. The Hall–Kier alpha value is -1.36. The predicted molar refractivity (Wildman–Crippen MR) is 72.5 cm³/mol. The second-order valence-corrected chi connectivity index (χ2v) is 5.19. The quantitative estimate of drug-likeness (QED) is 0.843. The minimum atomic E-state index is -0.238. The number of amides is 2. The summed E-state index contributed by atoms with van der Waals surface area (Å²) in [5, 5.41) is 5.48. The number of aryl methyl sites for hydroxylation is 1. The zero-order chi connectivity index (χ0) is 13.0. The Morgan fingerprint density at radius 3 is 2.41 bits per heavy atom. The third kappa shape index (κ3) is 4.19. The first-order valence-corrected chi connectivity index (χ1v) is 6.15. The molecule has 0 saturated heterocycles. The van der Waals surface area contributed by atoms with Gasteiger partial charge in [0.25, 0.3) is 0 Å². The van der Waals surface area contributed by atoms with Gasteiger partial charge < -0.3 is 10.6 Å². The number of hydrogen-bond donors (Lipinski definition) is 2. The third-order valence-electron chi connectivity index (χ3n) is 2.17. The molecule has 1 rings (SSSR count). The van der Waals surface area contributed by atoms with Crippen molar-refractivity contribution in [3.05, 3.63) is 23.8 Å². The van der Waals surface area contributed by atoms with Crippen molar-refractivity contribution < 1.29 is 9.59 Å². The maximum absolute atomic E-state index is 11.5. The molecule has 0 heterocycles. The molecule has 17 heavy (non-hydrogen) atoms. The number of carbonyl (C=O) groups excluding carboxylic acids is 2. The lowest BCUT2D eigenvalue weighted by molar-refractivity contribution is -0.115. The Balaban J connectivity index is 2.82. The van der Waals surface area contributed by atoms with Crippen LogP contribution < -0.4 is 10.6 Å². The van der Waals surface area contributed by atoms with Gasteiger partial charge in [0.2, 0.25) is 11.8 Å². The monoisotopic (exact) mass is 298 g/mol. The van der Waals surface area contributed by atoms with Crippen LogP contribution in [-0.4, -0.2) is 16.6 Å². The zero-order valence-electron chi connectivity index (χ0n) is 10.0. The van der Waals surface area contributed by atoms with Crippen molar-refractivity contribution in [2.45, 2.75) is 25.6 Å². The van der Waals surface area contributed by atoms with Crippen molar-refractivity contribution in [3.8, 4) is 0 Å². The van der Waals surface area contributed by atoms with E-state index in [4.69, 9.17) is 0 Å². The van der Waals surface area contributed by atoms with Crippen molar-refractivity contribution in [1.82, 2.24) is 0 Å². The summed E-state index contributed by atoms with van der Waals surface area (Å²) < 4.78 is 0. The smallest absolute Gasteiger partial charge is 0.237 e. The molecule has 0 aliphatic heterocycles. The van der Waals surface area contributed by atoms with Crippen LogP contribution in [0.3, 0.4) is 0 Å². The molecule has 0 fully saturated rings. The first-order valence-electron chi connectivity index (χ1n) is 5.23. The number of alkyl halides is 1. The van der Waals surface area contributed by atoms with Gasteiger partial charge in [-0.05, 0) is 37.6 Å². The largest absolute Gasteiger partial charge is 0.326 e. The van der Waals surface area contributed by atoms with Crippen molar-refractivity contribution >= 4 is 39.1 Å². The summed E-state index contributed by atoms with van der Waals surface area (Å²) in [5.41, 5.74) is 2.37. The minimum Gasteiger partial charge on any atom is -0.326 e. The number of anilines is 2. The molecule has 0 aliphatic carbocycles. The second kappa shape index (κ2) is 5.82. The van der Waals surface area contributed by atoms with Gasteiger partial charge in [-0.25, -0.2) is 0 Å². The molecule has 1 aromatic rings. The fourth-order valence-corrected chi connectivity index (χ4v) is 1.43. The summed E-state index contributed by atoms with van der Waals surface area (Å²) in [7, 11) is 0. The van der Waals surface area contributed by atoms with Crippen LogP contribution >= 0.6 is 15.9 Å². The molecular formula is C12H15BrN2O2. The molecule has 4 nitrogen and oxygen atoms in total. The summed E-state index contributed by atoms with van der Waals surface area (Å²) in [6.07, 6.45) is 0. The molecule has 0 spiro atoms. The summed E-state index contributed by atoms with van der Waals surface area (Å²) in [5.74, 6) is -0.212. The summed E-state index contributed by atoms with van der Waals surface area (Å²) in [6, 6.07) is 5.34. The van der Waals surface area contributed by atoms with Gasteiger partial charge in [-0.15, -0.1) is 0 Å². The number of rotatable bonds is 3. The highest BCUT2D eigenvalue weighted by molar-refractivity contribution is 9.10. The van der Waals surface area contributed by atoms with Crippen LogP contribution in [0.5, 0.6) is 0 Å². The summed E-state index contributed by atoms with van der Waals surface area (Å²) in [6.45, 7) is 5.09. The zero-order valence-corrected chi connectivity index (χ0v) is 11.6. The first-order chi connectivity index (χ1) is 7.90. The van der Waals surface area contributed by atoms with E-state index in [1.807, 2.05) is 13.0 Å². The summed E-state index contributed by atoms with van der Waals surface area (Å²) >= 11 is 3.19. The van der Waals surface area contributed by atoms with Crippen LogP contribution in [0.4, 0.5) is 11.4 Å². The first kappa shape index (κ1) is 13.7. The highest BCUT2D eigenvalue weighted by atomic mass is 79.9. The van der Waals surface area contributed by atoms with Gasteiger partial charge in [0.1, 0.15) is 0 Å². The molecular weight excluding hydrogens is 284 g/mol. The average molecular weight is 299 g/mol. The molecule has 0 bridgehead atoms. The molecule has 1 atom stereocenters. The number of hydrogen-bond acceptors (Lipinski definition) is 2. The number of benzene rings is 1. The van der Waals surface area contributed by atoms with Crippen molar-refractivity contribution in [2.24, 2.45) is 0 Å². The molecule has 0 saturated carbocycles. The highest BCUT2D eigenvalue weighted by Crippen LogP contribution is 2.20. The Morgan fingerprint density at radius 1 is 1.29 bits per heavy atom. The van der Waals surface area contributed by atoms with Gasteiger partial charge in [0.05, 0.1) is 4.83 Å². The van der Waals surface area contributed by atoms with E-state index in [0.717, 1.165) is 11.3 Å². The van der Waals surface area contributed by atoms with E-state index in [1.165, 1.54) is 6.92 Å². The fraction of sp³-hybridized carbons (Fsp3) is 0.333. The second-order valence-electron chi connectivity index (χ2n) is 3.82. The molecule has 2 N–H and O–H groups in total. The molecule has 5 heteroatoms. The maximum atomic E-state index is 11.5.